The highest BCUT2D eigenvalue weighted by Crippen LogP contribution is 2.39. The zero-order valence-corrected chi connectivity index (χ0v) is 16.5. The van der Waals surface area contributed by atoms with Crippen LogP contribution in [0.15, 0.2) is 24.3 Å². The van der Waals surface area contributed by atoms with Crippen LogP contribution in [-0.4, -0.2) is 47.8 Å². The number of likely N-dealkylation sites (tertiary alicyclic amines) is 2. The third kappa shape index (κ3) is 4.28. The molecule has 1 atom stereocenters. The molecule has 4 nitrogen and oxygen atoms in total. The summed E-state index contributed by atoms with van der Waals surface area (Å²) in [5, 5.41) is 0. The molecule has 0 aliphatic carbocycles. The van der Waals surface area contributed by atoms with Crippen LogP contribution >= 0.6 is 0 Å². The van der Waals surface area contributed by atoms with Gasteiger partial charge in [-0.3, -0.25) is 9.59 Å². The van der Waals surface area contributed by atoms with Crippen LogP contribution in [0.25, 0.3) is 0 Å². The van der Waals surface area contributed by atoms with Crippen LogP contribution in [0.4, 0.5) is 0 Å². The van der Waals surface area contributed by atoms with Crippen LogP contribution in [0.2, 0.25) is 0 Å². The second kappa shape index (κ2) is 7.81. The maximum Gasteiger partial charge on any atom is 0.253 e. The van der Waals surface area contributed by atoms with Gasteiger partial charge in [0.1, 0.15) is 0 Å². The summed E-state index contributed by atoms with van der Waals surface area (Å²) in [5.41, 5.74) is 1.99. The minimum atomic E-state index is 0.0859. The van der Waals surface area contributed by atoms with Crippen molar-refractivity contribution in [3.05, 3.63) is 35.4 Å². The van der Waals surface area contributed by atoms with E-state index in [4.69, 9.17) is 0 Å². The zero-order valence-electron chi connectivity index (χ0n) is 16.5. The molecule has 0 N–H and O–H groups in total. The maximum atomic E-state index is 13.0. The van der Waals surface area contributed by atoms with Gasteiger partial charge in [-0.2, -0.15) is 0 Å². The van der Waals surface area contributed by atoms with Crippen LogP contribution in [0.3, 0.4) is 0 Å². The van der Waals surface area contributed by atoms with Crippen molar-refractivity contribution in [2.45, 2.75) is 52.9 Å². The molecule has 0 bridgehead atoms. The Labute approximate surface area is 157 Å². The van der Waals surface area contributed by atoms with E-state index in [-0.39, 0.29) is 11.3 Å². The molecule has 142 valence electrons. The monoisotopic (exact) mass is 356 g/mol. The Bertz CT molecular complexity index is 670. The van der Waals surface area contributed by atoms with Crippen molar-refractivity contribution in [2.75, 3.05) is 26.2 Å². The van der Waals surface area contributed by atoms with Gasteiger partial charge < -0.3 is 9.80 Å². The van der Waals surface area contributed by atoms with Gasteiger partial charge in [0.15, 0.2) is 0 Å². The number of amides is 2. The first-order valence-corrected chi connectivity index (χ1v) is 10.0. The second-order valence-electron chi connectivity index (χ2n) is 8.70. The minimum absolute atomic E-state index is 0.0859. The van der Waals surface area contributed by atoms with Crippen LogP contribution in [0.1, 0.15) is 61.9 Å². The third-order valence-corrected chi connectivity index (χ3v) is 5.94. The molecule has 1 aromatic carbocycles. The predicted octanol–water partition coefficient (Wildman–Crippen LogP) is 3.89. The molecule has 2 aliphatic heterocycles. The molecule has 0 aromatic heterocycles. The van der Waals surface area contributed by atoms with Gasteiger partial charge in [0.05, 0.1) is 0 Å². The van der Waals surface area contributed by atoms with E-state index in [2.05, 4.69) is 18.7 Å². The van der Waals surface area contributed by atoms with E-state index < -0.39 is 0 Å². The fraction of sp³-hybridized carbons (Fsp3) is 0.636. The van der Waals surface area contributed by atoms with Gasteiger partial charge in [-0.15, -0.1) is 0 Å². The van der Waals surface area contributed by atoms with E-state index in [0.29, 0.717) is 18.2 Å². The lowest BCUT2D eigenvalue weighted by Crippen LogP contribution is -2.55. The summed E-state index contributed by atoms with van der Waals surface area (Å²) in [5.74, 6) is 1.03. The molecule has 0 unspecified atom stereocenters. The SMILES string of the molecule is Cc1cccc(C(=O)N2CCC[C@]3(CCC(=O)N(CCC(C)C)C3)C2)c1. The molecule has 0 radical (unpaired) electrons. The lowest BCUT2D eigenvalue weighted by atomic mass is 9.73. The zero-order chi connectivity index (χ0) is 18.7. The van der Waals surface area contributed by atoms with E-state index in [0.717, 1.165) is 63.0 Å². The van der Waals surface area contributed by atoms with Crippen molar-refractivity contribution in [1.82, 2.24) is 9.80 Å². The molecule has 1 spiro atoms. The highest BCUT2D eigenvalue weighted by atomic mass is 16.2. The maximum absolute atomic E-state index is 13.0. The van der Waals surface area contributed by atoms with Gasteiger partial charge in [0.25, 0.3) is 5.91 Å². The normalized spacial score (nSPS) is 23.8. The number of hydrogen-bond acceptors (Lipinski definition) is 2. The fourth-order valence-electron chi connectivity index (χ4n) is 4.40. The Kier molecular flexibility index (Phi) is 5.69. The lowest BCUT2D eigenvalue weighted by molar-refractivity contribution is -0.139. The standard InChI is InChI=1S/C22H32N2O2/c1-17(2)9-13-23-15-22(11-8-20(23)25)10-5-12-24(16-22)21(26)19-7-4-6-18(3)14-19/h4,6-7,14,17H,5,8-13,15-16H2,1-3H3/t22-/m1/s1. The van der Waals surface area contributed by atoms with Crippen LogP contribution < -0.4 is 0 Å². The van der Waals surface area contributed by atoms with E-state index in [1.54, 1.807) is 0 Å². The van der Waals surface area contributed by atoms with E-state index in [1.807, 2.05) is 36.1 Å². The molecule has 26 heavy (non-hydrogen) atoms. The summed E-state index contributed by atoms with van der Waals surface area (Å²) in [6, 6.07) is 7.86. The van der Waals surface area contributed by atoms with Crippen molar-refractivity contribution in [3.63, 3.8) is 0 Å². The second-order valence-corrected chi connectivity index (χ2v) is 8.70. The molecular formula is C22H32N2O2. The Balaban J connectivity index is 1.70. The number of nitrogens with zero attached hydrogens (tertiary/aromatic N) is 2. The molecule has 2 heterocycles. The number of rotatable bonds is 4. The Morgan fingerprint density at radius 1 is 1.23 bits per heavy atom. The third-order valence-electron chi connectivity index (χ3n) is 5.94. The van der Waals surface area contributed by atoms with Gasteiger partial charge in [0.2, 0.25) is 5.91 Å². The smallest absolute Gasteiger partial charge is 0.253 e. The molecule has 0 saturated carbocycles. The first-order chi connectivity index (χ1) is 12.4. The first-order valence-electron chi connectivity index (χ1n) is 10.0. The first kappa shape index (κ1) is 18.9. The van der Waals surface area contributed by atoms with Crippen LogP contribution in [-0.2, 0) is 4.79 Å². The van der Waals surface area contributed by atoms with Crippen molar-refractivity contribution >= 4 is 11.8 Å². The molecule has 2 saturated heterocycles. The van der Waals surface area contributed by atoms with E-state index >= 15 is 0 Å². The average Bonchev–Trinajstić information content (AvgIpc) is 2.62. The van der Waals surface area contributed by atoms with Gasteiger partial charge in [-0.1, -0.05) is 31.5 Å². The number of carbonyl (C=O) groups excluding carboxylic acids is 2. The topological polar surface area (TPSA) is 40.6 Å². The predicted molar refractivity (Wildman–Crippen MR) is 104 cm³/mol. The van der Waals surface area contributed by atoms with Gasteiger partial charge in [0, 0.05) is 43.6 Å². The van der Waals surface area contributed by atoms with Gasteiger partial charge in [-0.25, -0.2) is 0 Å². The summed E-state index contributed by atoms with van der Waals surface area (Å²) < 4.78 is 0. The molecular weight excluding hydrogens is 324 g/mol. The van der Waals surface area contributed by atoms with Crippen molar-refractivity contribution in [2.24, 2.45) is 11.3 Å². The Morgan fingerprint density at radius 2 is 2.04 bits per heavy atom. The van der Waals surface area contributed by atoms with Gasteiger partial charge >= 0.3 is 0 Å². The van der Waals surface area contributed by atoms with E-state index in [1.165, 1.54) is 0 Å². The highest BCUT2D eigenvalue weighted by molar-refractivity contribution is 5.94. The number of hydrogen-bond donors (Lipinski definition) is 0. The van der Waals surface area contributed by atoms with Crippen molar-refractivity contribution in [1.29, 1.82) is 0 Å². The molecule has 2 amide bonds. The summed E-state index contributed by atoms with van der Waals surface area (Å²) in [6.07, 6.45) is 4.75. The largest absolute Gasteiger partial charge is 0.342 e. The summed E-state index contributed by atoms with van der Waals surface area (Å²) >= 11 is 0. The molecule has 1 aromatic rings. The molecule has 2 aliphatic rings. The lowest BCUT2D eigenvalue weighted by Gasteiger charge is -2.48. The van der Waals surface area contributed by atoms with Crippen molar-refractivity contribution in [3.8, 4) is 0 Å². The highest BCUT2D eigenvalue weighted by Gasteiger charge is 2.42. The molecule has 3 rings (SSSR count). The Morgan fingerprint density at radius 3 is 2.77 bits per heavy atom. The summed E-state index contributed by atoms with van der Waals surface area (Å²) in [4.78, 5) is 29.4. The van der Waals surface area contributed by atoms with Crippen molar-refractivity contribution < 1.29 is 9.59 Å². The van der Waals surface area contributed by atoms with Crippen LogP contribution in [0, 0.1) is 18.3 Å². The molecule has 4 heteroatoms. The van der Waals surface area contributed by atoms with Crippen LogP contribution in [0.5, 0.6) is 0 Å². The molecule has 2 fully saturated rings. The number of carbonyl (C=O) groups is 2. The average molecular weight is 357 g/mol. The fourth-order valence-corrected chi connectivity index (χ4v) is 4.40. The Hall–Kier alpha value is -1.84. The number of benzene rings is 1. The summed E-state index contributed by atoms with van der Waals surface area (Å²) in [6.45, 7) is 9.70. The summed E-state index contributed by atoms with van der Waals surface area (Å²) in [7, 11) is 0. The van der Waals surface area contributed by atoms with Gasteiger partial charge in [-0.05, 0) is 50.7 Å². The number of aryl methyl sites for hydroxylation is 1. The minimum Gasteiger partial charge on any atom is -0.342 e. The number of piperidine rings is 2. The van der Waals surface area contributed by atoms with E-state index in [9.17, 15) is 9.59 Å². The quantitative estimate of drug-likeness (QED) is 0.821.